The summed E-state index contributed by atoms with van der Waals surface area (Å²) in [5.41, 5.74) is 0.0991. The SMILES string of the molecule is C#CC(CC(=O)O)NC(=O)[C@@H]1CCCN(C(=O)/C(C)=C/C2CCN(C(=O)OC(C)(C)C)CC2)C1. The lowest BCUT2D eigenvalue weighted by molar-refractivity contribution is -0.137. The predicted molar refractivity (Wildman–Crippen MR) is 127 cm³/mol. The van der Waals surface area contributed by atoms with Crippen molar-refractivity contribution in [2.45, 2.75) is 71.4 Å². The average Bonchev–Trinajstić information content (AvgIpc) is 2.77. The fourth-order valence-corrected chi connectivity index (χ4v) is 4.24. The zero-order valence-electron chi connectivity index (χ0n) is 20.6. The van der Waals surface area contributed by atoms with E-state index in [0.29, 0.717) is 38.0 Å². The molecule has 2 rings (SSSR count). The van der Waals surface area contributed by atoms with Crippen molar-refractivity contribution in [2.75, 3.05) is 26.2 Å². The van der Waals surface area contributed by atoms with E-state index < -0.39 is 23.5 Å². The lowest BCUT2D eigenvalue weighted by Crippen LogP contribution is -2.48. The van der Waals surface area contributed by atoms with Crippen molar-refractivity contribution in [2.24, 2.45) is 11.8 Å². The number of carbonyl (C=O) groups excluding carboxylic acids is 3. The molecule has 2 fully saturated rings. The molecule has 2 N–H and O–H groups in total. The Kier molecular flexibility index (Phi) is 9.54. The minimum Gasteiger partial charge on any atom is -0.481 e. The highest BCUT2D eigenvalue weighted by atomic mass is 16.6. The molecule has 9 nitrogen and oxygen atoms in total. The van der Waals surface area contributed by atoms with Gasteiger partial charge in [0, 0.05) is 31.8 Å². The summed E-state index contributed by atoms with van der Waals surface area (Å²) in [5, 5.41) is 11.5. The molecule has 188 valence electrons. The predicted octanol–water partition coefficient (Wildman–Crippen LogP) is 2.41. The first-order valence-electron chi connectivity index (χ1n) is 11.8. The number of terminal acetylenes is 1. The van der Waals surface area contributed by atoms with E-state index in [0.717, 1.165) is 12.8 Å². The van der Waals surface area contributed by atoms with Gasteiger partial charge in [-0.2, -0.15) is 0 Å². The molecule has 9 heteroatoms. The molecular formula is C25H37N3O6. The number of hydrogen-bond acceptors (Lipinski definition) is 5. The summed E-state index contributed by atoms with van der Waals surface area (Å²) in [6.45, 7) is 9.31. The number of hydrogen-bond donors (Lipinski definition) is 2. The van der Waals surface area contributed by atoms with Crippen molar-refractivity contribution >= 4 is 23.9 Å². The molecule has 0 spiro atoms. The second-order valence-electron chi connectivity index (χ2n) is 10.1. The van der Waals surface area contributed by atoms with Crippen molar-refractivity contribution in [1.29, 1.82) is 0 Å². The molecule has 0 bridgehead atoms. The Bertz CT molecular complexity index is 846. The zero-order chi connectivity index (χ0) is 25.5. The number of ether oxygens (including phenoxy) is 1. The molecule has 2 heterocycles. The second-order valence-corrected chi connectivity index (χ2v) is 10.1. The van der Waals surface area contributed by atoms with E-state index in [4.69, 9.17) is 16.3 Å². The van der Waals surface area contributed by atoms with E-state index in [9.17, 15) is 19.2 Å². The van der Waals surface area contributed by atoms with Crippen LogP contribution < -0.4 is 5.32 Å². The summed E-state index contributed by atoms with van der Waals surface area (Å²) in [6.07, 6.45) is 9.46. The number of allylic oxidation sites excluding steroid dienone is 1. The highest BCUT2D eigenvalue weighted by molar-refractivity contribution is 5.93. The van der Waals surface area contributed by atoms with Crippen LogP contribution in [0.4, 0.5) is 4.79 Å². The maximum Gasteiger partial charge on any atom is 0.410 e. The number of aliphatic carboxylic acids is 1. The molecule has 0 aromatic heterocycles. The van der Waals surface area contributed by atoms with Crippen molar-refractivity contribution in [1.82, 2.24) is 15.1 Å². The summed E-state index contributed by atoms with van der Waals surface area (Å²) in [4.78, 5) is 52.1. The number of amides is 3. The van der Waals surface area contributed by atoms with Gasteiger partial charge >= 0.3 is 12.1 Å². The maximum atomic E-state index is 13.0. The topological polar surface area (TPSA) is 116 Å². The number of likely N-dealkylation sites (tertiary alicyclic amines) is 2. The third kappa shape index (κ3) is 8.40. The smallest absolute Gasteiger partial charge is 0.410 e. The highest BCUT2D eigenvalue weighted by Crippen LogP contribution is 2.24. The van der Waals surface area contributed by atoms with Crippen LogP contribution in [0.15, 0.2) is 11.6 Å². The van der Waals surface area contributed by atoms with Gasteiger partial charge in [-0.3, -0.25) is 14.4 Å². The molecule has 0 aliphatic carbocycles. The van der Waals surface area contributed by atoms with Gasteiger partial charge < -0.3 is 25.0 Å². The van der Waals surface area contributed by atoms with E-state index in [-0.39, 0.29) is 36.8 Å². The van der Waals surface area contributed by atoms with Crippen LogP contribution in [0.1, 0.15) is 59.8 Å². The molecule has 0 radical (unpaired) electrons. The van der Waals surface area contributed by atoms with Gasteiger partial charge in [0.15, 0.2) is 0 Å². The molecule has 0 saturated carbocycles. The first-order valence-corrected chi connectivity index (χ1v) is 11.8. The number of carbonyl (C=O) groups is 4. The second kappa shape index (κ2) is 11.9. The van der Waals surface area contributed by atoms with Crippen molar-refractivity contribution in [3.8, 4) is 12.3 Å². The quantitative estimate of drug-likeness (QED) is 0.450. The van der Waals surface area contributed by atoms with Crippen LogP contribution >= 0.6 is 0 Å². The maximum absolute atomic E-state index is 13.0. The Morgan fingerprint density at radius 3 is 2.35 bits per heavy atom. The van der Waals surface area contributed by atoms with E-state index in [1.807, 2.05) is 26.8 Å². The lowest BCUT2D eigenvalue weighted by Gasteiger charge is -2.34. The molecule has 2 saturated heterocycles. The molecule has 1 unspecified atom stereocenters. The number of piperidine rings is 2. The van der Waals surface area contributed by atoms with E-state index in [1.54, 1.807) is 16.7 Å². The van der Waals surface area contributed by atoms with Crippen LogP contribution in [0.2, 0.25) is 0 Å². The Balaban J connectivity index is 1.89. The number of nitrogens with zero attached hydrogens (tertiary/aromatic N) is 2. The Morgan fingerprint density at radius 2 is 1.79 bits per heavy atom. The summed E-state index contributed by atoms with van der Waals surface area (Å²) in [5.74, 6) is 0.548. The number of carboxylic acid groups (broad SMARTS) is 1. The summed E-state index contributed by atoms with van der Waals surface area (Å²) < 4.78 is 5.43. The summed E-state index contributed by atoms with van der Waals surface area (Å²) >= 11 is 0. The summed E-state index contributed by atoms with van der Waals surface area (Å²) in [7, 11) is 0. The third-order valence-electron chi connectivity index (χ3n) is 5.99. The van der Waals surface area contributed by atoms with Crippen LogP contribution in [-0.4, -0.2) is 76.6 Å². The molecule has 0 aromatic carbocycles. The Morgan fingerprint density at radius 1 is 1.15 bits per heavy atom. The zero-order valence-corrected chi connectivity index (χ0v) is 20.6. The number of carboxylic acids is 1. The van der Waals surface area contributed by atoms with Gasteiger partial charge in [-0.15, -0.1) is 6.42 Å². The van der Waals surface area contributed by atoms with Crippen LogP contribution in [-0.2, 0) is 19.1 Å². The highest BCUT2D eigenvalue weighted by Gasteiger charge is 2.31. The van der Waals surface area contributed by atoms with E-state index in [1.165, 1.54) is 0 Å². The third-order valence-corrected chi connectivity index (χ3v) is 5.99. The van der Waals surface area contributed by atoms with Gasteiger partial charge in [-0.1, -0.05) is 12.0 Å². The minimum atomic E-state index is -1.08. The number of rotatable bonds is 6. The van der Waals surface area contributed by atoms with Gasteiger partial charge in [0.2, 0.25) is 11.8 Å². The van der Waals surface area contributed by atoms with Crippen LogP contribution in [0.25, 0.3) is 0 Å². The van der Waals surface area contributed by atoms with Gasteiger partial charge in [0.25, 0.3) is 0 Å². The van der Waals surface area contributed by atoms with E-state index >= 15 is 0 Å². The normalized spacial score (nSPS) is 20.8. The molecule has 0 aromatic rings. The van der Waals surface area contributed by atoms with Crippen LogP contribution in [0, 0.1) is 24.2 Å². The van der Waals surface area contributed by atoms with Crippen molar-refractivity contribution in [3.05, 3.63) is 11.6 Å². The molecule has 2 atom stereocenters. The van der Waals surface area contributed by atoms with Gasteiger partial charge in [0.05, 0.1) is 12.3 Å². The largest absolute Gasteiger partial charge is 0.481 e. The van der Waals surface area contributed by atoms with Gasteiger partial charge in [-0.05, 0) is 59.3 Å². The minimum absolute atomic E-state index is 0.105. The molecule has 3 amide bonds. The molecule has 2 aliphatic heterocycles. The Labute approximate surface area is 201 Å². The van der Waals surface area contributed by atoms with Crippen LogP contribution in [0.3, 0.4) is 0 Å². The van der Waals surface area contributed by atoms with Crippen molar-refractivity contribution in [3.63, 3.8) is 0 Å². The van der Waals surface area contributed by atoms with E-state index in [2.05, 4.69) is 11.2 Å². The summed E-state index contributed by atoms with van der Waals surface area (Å²) in [6, 6.07) is -0.871. The fraction of sp³-hybridized carbons (Fsp3) is 0.680. The van der Waals surface area contributed by atoms with Gasteiger partial charge in [0.1, 0.15) is 11.6 Å². The molecule has 2 aliphatic rings. The average molecular weight is 476 g/mol. The molecule has 34 heavy (non-hydrogen) atoms. The standard InChI is InChI=1S/C25H37N3O6/c1-6-20(15-21(29)30)26-22(31)19-8-7-11-28(16-19)23(32)17(2)14-18-9-12-27(13-10-18)24(33)34-25(3,4)5/h1,14,18-20H,7-13,15-16H2,2-5H3,(H,26,31)(H,29,30)/b17-14+/t19-,20?/m1/s1. The van der Waals surface area contributed by atoms with Crippen molar-refractivity contribution < 1.29 is 29.0 Å². The first kappa shape index (κ1) is 27.2. The van der Waals surface area contributed by atoms with Crippen LogP contribution in [0.5, 0.6) is 0 Å². The first-order chi connectivity index (χ1) is 15.9. The lowest BCUT2D eigenvalue weighted by atomic mass is 9.93. The van der Waals surface area contributed by atoms with Gasteiger partial charge in [-0.25, -0.2) is 4.79 Å². The molecular weight excluding hydrogens is 438 g/mol. The monoisotopic (exact) mass is 475 g/mol. The fourth-order valence-electron chi connectivity index (χ4n) is 4.24. The Hall–Kier alpha value is -3.02. The number of nitrogens with one attached hydrogen (secondary N) is 1.